The van der Waals surface area contributed by atoms with Gasteiger partial charge in [-0.2, -0.15) is 0 Å². The number of phenols is 1. The second-order valence-corrected chi connectivity index (χ2v) is 4.93. The van der Waals surface area contributed by atoms with Crippen LogP contribution < -0.4 is 5.73 Å². The minimum atomic E-state index is -0.610. The van der Waals surface area contributed by atoms with Gasteiger partial charge in [0.2, 0.25) is 0 Å². The molecule has 0 unspecified atom stereocenters. The largest absolute Gasteiger partial charge is 0.504 e. The van der Waals surface area contributed by atoms with Gasteiger partial charge in [0, 0.05) is 12.0 Å². The SMILES string of the molecule is Cc1cc(C2(CN)CCC2)c(F)c(O)c1Cl. The molecule has 0 amide bonds. The van der Waals surface area contributed by atoms with E-state index in [0.717, 1.165) is 19.3 Å². The van der Waals surface area contributed by atoms with E-state index in [4.69, 9.17) is 17.3 Å². The lowest BCUT2D eigenvalue weighted by atomic mass is 9.64. The Labute approximate surface area is 99.2 Å². The highest BCUT2D eigenvalue weighted by atomic mass is 35.5. The van der Waals surface area contributed by atoms with Gasteiger partial charge in [0.25, 0.3) is 0 Å². The molecule has 1 aliphatic carbocycles. The quantitative estimate of drug-likeness (QED) is 0.839. The molecule has 1 aromatic rings. The van der Waals surface area contributed by atoms with Gasteiger partial charge in [0.05, 0.1) is 5.02 Å². The van der Waals surface area contributed by atoms with Crippen LogP contribution in [0.5, 0.6) is 5.75 Å². The number of benzene rings is 1. The molecule has 1 aromatic carbocycles. The van der Waals surface area contributed by atoms with Crippen LogP contribution in [0.1, 0.15) is 30.4 Å². The maximum atomic E-state index is 14.0. The maximum absolute atomic E-state index is 14.0. The van der Waals surface area contributed by atoms with Gasteiger partial charge in [-0.1, -0.05) is 24.1 Å². The van der Waals surface area contributed by atoms with Gasteiger partial charge in [-0.3, -0.25) is 0 Å². The summed E-state index contributed by atoms with van der Waals surface area (Å²) >= 11 is 5.79. The van der Waals surface area contributed by atoms with E-state index >= 15 is 0 Å². The van der Waals surface area contributed by atoms with Gasteiger partial charge in [0.15, 0.2) is 11.6 Å². The monoisotopic (exact) mass is 243 g/mol. The van der Waals surface area contributed by atoms with Crippen LogP contribution >= 0.6 is 11.6 Å². The van der Waals surface area contributed by atoms with Crippen LogP contribution in [0.4, 0.5) is 4.39 Å². The summed E-state index contributed by atoms with van der Waals surface area (Å²) in [6, 6.07) is 1.71. The van der Waals surface area contributed by atoms with E-state index in [9.17, 15) is 9.50 Å². The number of aromatic hydroxyl groups is 1. The fraction of sp³-hybridized carbons (Fsp3) is 0.500. The van der Waals surface area contributed by atoms with Crippen LogP contribution in [0.2, 0.25) is 5.02 Å². The highest BCUT2D eigenvalue weighted by molar-refractivity contribution is 6.32. The summed E-state index contributed by atoms with van der Waals surface area (Å²) in [7, 11) is 0. The van der Waals surface area contributed by atoms with Crippen LogP contribution in [0.25, 0.3) is 0 Å². The summed E-state index contributed by atoms with van der Waals surface area (Å²) in [5.41, 5.74) is 6.64. The Morgan fingerprint density at radius 1 is 1.56 bits per heavy atom. The molecular formula is C12H15ClFNO. The second kappa shape index (κ2) is 3.90. The van der Waals surface area contributed by atoms with Crippen LogP contribution in [0, 0.1) is 12.7 Å². The topological polar surface area (TPSA) is 46.2 Å². The Bertz CT molecular complexity index is 424. The van der Waals surface area contributed by atoms with Crippen molar-refractivity contribution < 1.29 is 9.50 Å². The summed E-state index contributed by atoms with van der Waals surface area (Å²) in [5, 5.41) is 9.69. The fourth-order valence-electron chi connectivity index (χ4n) is 2.33. The van der Waals surface area contributed by atoms with Crippen molar-refractivity contribution in [2.45, 2.75) is 31.6 Å². The second-order valence-electron chi connectivity index (χ2n) is 4.56. The van der Waals surface area contributed by atoms with Crippen molar-refractivity contribution in [1.29, 1.82) is 0 Å². The molecule has 0 heterocycles. The van der Waals surface area contributed by atoms with Gasteiger partial charge in [-0.25, -0.2) is 4.39 Å². The average Bonchev–Trinajstić information content (AvgIpc) is 2.21. The highest BCUT2D eigenvalue weighted by Gasteiger charge is 2.40. The molecule has 2 rings (SSSR count). The molecule has 1 saturated carbocycles. The summed E-state index contributed by atoms with van der Waals surface area (Å²) < 4.78 is 14.0. The summed E-state index contributed by atoms with van der Waals surface area (Å²) in [5.74, 6) is -1.06. The third kappa shape index (κ3) is 1.50. The number of halogens is 2. The molecule has 3 N–H and O–H groups in total. The third-order valence-corrected chi connectivity index (χ3v) is 4.11. The van der Waals surface area contributed by atoms with E-state index in [-0.39, 0.29) is 10.4 Å². The van der Waals surface area contributed by atoms with Gasteiger partial charge in [0.1, 0.15) is 0 Å². The molecule has 0 bridgehead atoms. The van der Waals surface area contributed by atoms with E-state index in [1.54, 1.807) is 13.0 Å². The van der Waals surface area contributed by atoms with E-state index in [1.807, 2.05) is 0 Å². The molecule has 16 heavy (non-hydrogen) atoms. The van der Waals surface area contributed by atoms with Gasteiger partial charge >= 0.3 is 0 Å². The van der Waals surface area contributed by atoms with Crippen molar-refractivity contribution in [2.75, 3.05) is 6.54 Å². The Morgan fingerprint density at radius 3 is 2.62 bits per heavy atom. The van der Waals surface area contributed by atoms with Crippen molar-refractivity contribution >= 4 is 11.6 Å². The number of rotatable bonds is 2. The lowest BCUT2D eigenvalue weighted by Crippen LogP contribution is -2.42. The van der Waals surface area contributed by atoms with Crippen molar-refractivity contribution in [3.8, 4) is 5.75 Å². The van der Waals surface area contributed by atoms with Gasteiger partial charge < -0.3 is 10.8 Å². The lowest BCUT2D eigenvalue weighted by Gasteiger charge is -2.42. The van der Waals surface area contributed by atoms with Gasteiger partial charge in [-0.05, 0) is 30.9 Å². The first-order valence-corrected chi connectivity index (χ1v) is 5.78. The number of hydrogen-bond donors (Lipinski definition) is 2. The maximum Gasteiger partial charge on any atom is 0.170 e. The minimum absolute atomic E-state index is 0.0905. The van der Waals surface area contributed by atoms with Crippen molar-refractivity contribution in [3.05, 3.63) is 28.0 Å². The predicted molar refractivity (Wildman–Crippen MR) is 62.4 cm³/mol. The van der Waals surface area contributed by atoms with Crippen LogP contribution in [-0.2, 0) is 5.41 Å². The molecule has 1 fully saturated rings. The van der Waals surface area contributed by atoms with Crippen LogP contribution in [0.15, 0.2) is 6.07 Å². The smallest absolute Gasteiger partial charge is 0.170 e. The first kappa shape index (κ1) is 11.7. The molecule has 0 saturated heterocycles. The van der Waals surface area contributed by atoms with Crippen LogP contribution in [-0.4, -0.2) is 11.7 Å². The third-order valence-electron chi connectivity index (χ3n) is 3.63. The number of nitrogens with two attached hydrogens (primary N) is 1. The zero-order valence-corrected chi connectivity index (χ0v) is 9.94. The zero-order valence-electron chi connectivity index (χ0n) is 9.19. The van der Waals surface area contributed by atoms with Crippen molar-refractivity contribution in [3.63, 3.8) is 0 Å². The molecule has 0 spiro atoms. The highest BCUT2D eigenvalue weighted by Crippen LogP contribution is 2.47. The zero-order chi connectivity index (χ0) is 11.9. The number of aryl methyl sites for hydroxylation is 1. The van der Waals surface area contributed by atoms with Gasteiger partial charge in [-0.15, -0.1) is 0 Å². The Balaban J connectivity index is 2.57. The first-order chi connectivity index (χ1) is 7.52. The fourth-order valence-corrected chi connectivity index (χ4v) is 2.46. The molecule has 88 valence electrons. The average molecular weight is 244 g/mol. The summed E-state index contributed by atoms with van der Waals surface area (Å²) in [6.07, 6.45) is 2.81. The summed E-state index contributed by atoms with van der Waals surface area (Å²) in [6.45, 7) is 2.16. The molecule has 0 aliphatic heterocycles. The van der Waals surface area contributed by atoms with E-state index < -0.39 is 11.6 Å². The molecule has 2 nitrogen and oxygen atoms in total. The molecule has 0 radical (unpaired) electrons. The molecule has 0 aromatic heterocycles. The standard InChI is InChI=1S/C12H15ClFNO/c1-7-5-8(10(14)11(16)9(7)13)12(6-15)3-2-4-12/h5,16H,2-4,6,15H2,1H3. The Hall–Kier alpha value is -0.800. The van der Waals surface area contributed by atoms with E-state index in [0.29, 0.717) is 17.7 Å². The number of phenolic OH excluding ortho intramolecular Hbond substituents is 1. The Morgan fingerprint density at radius 2 is 2.19 bits per heavy atom. The van der Waals surface area contributed by atoms with Crippen LogP contribution in [0.3, 0.4) is 0 Å². The van der Waals surface area contributed by atoms with E-state index in [2.05, 4.69) is 0 Å². The molecular weight excluding hydrogens is 229 g/mol. The minimum Gasteiger partial charge on any atom is -0.504 e. The molecule has 4 heteroatoms. The number of hydrogen-bond acceptors (Lipinski definition) is 2. The molecule has 0 atom stereocenters. The Kier molecular flexibility index (Phi) is 2.84. The summed E-state index contributed by atoms with van der Waals surface area (Å²) in [4.78, 5) is 0. The van der Waals surface area contributed by atoms with Crippen molar-refractivity contribution in [1.82, 2.24) is 0 Å². The molecule has 1 aliphatic rings. The lowest BCUT2D eigenvalue weighted by molar-refractivity contribution is 0.242. The van der Waals surface area contributed by atoms with Crippen molar-refractivity contribution in [2.24, 2.45) is 5.73 Å². The predicted octanol–water partition coefficient (Wildman–Crippen LogP) is 2.87. The van der Waals surface area contributed by atoms with E-state index in [1.165, 1.54) is 0 Å². The normalized spacial score (nSPS) is 18.2. The first-order valence-electron chi connectivity index (χ1n) is 5.40.